The van der Waals surface area contributed by atoms with Gasteiger partial charge in [0.05, 0.1) is 6.61 Å². The Morgan fingerprint density at radius 2 is 2.22 bits per heavy atom. The fourth-order valence-corrected chi connectivity index (χ4v) is 3.65. The average molecular weight is 247 g/mol. The summed E-state index contributed by atoms with van der Waals surface area (Å²) in [6, 6.07) is 2.07. The Kier molecular flexibility index (Phi) is 3.23. The SMILES string of the molecule is CCOC(=O)/C(C#N)=C1/C[C@H]2C[C@@H]1[C@H](C)C2(C)C. The van der Waals surface area contributed by atoms with E-state index in [0.717, 1.165) is 18.4 Å². The maximum atomic E-state index is 11.8. The number of carbonyl (C=O) groups is 1. The number of esters is 1. The van der Waals surface area contributed by atoms with Crippen LogP contribution < -0.4 is 0 Å². The quantitative estimate of drug-likeness (QED) is 0.428. The van der Waals surface area contributed by atoms with Crippen molar-refractivity contribution in [3.63, 3.8) is 0 Å². The second-order valence-electron chi connectivity index (χ2n) is 6.09. The summed E-state index contributed by atoms with van der Waals surface area (Å²) in [4.78, 5) is 11.8. The Morgan fingerprint density at radius 1 is 1.56 bits per heavy atom. The van der Waals surface area contributed by atoms with Gasteiger partial charge in [-0.3, -0.25) is 0 Å². The molecule has 98 valence electrons. The molecule has 2 aliphatic carbocycles. The Hall–Kier alpha value is -1.30. The van der Waals surface area contributed by atoms with Gasteiger partial charge in [-0.25, -0.2) is 4.79 Å². The van der Waals surface area contributed by atoms with E-state index < -0.39 is 5.97 Å². The first kappa shape index (κ1) is 13.1. The molecule has 3 atom stereocenters. The largest absolute Gasteiger partial charge is 0.462 e. The van der Waals surface area contributed by atoms with Crippen molar-refractivity contribution in [1.82, 2.24) is 0 Å². The molecular formula is C15H21NO2. The second kappa shape index (κ2) is 4.42. The third-order valence-corrected chi connectivity index (χ3v) is 5.19. The van der Waals surface area contributed by atoms with Crippen LogP contribution >= 0.6 is 0 Å². The third-order valence-electron chi connectivity index (χ3n) is 5.19. The molecule has 3 heteroatoms. The molecular weight excluding hydrogens is 226 g/mol. The van der Waals surface area contributed by atoms with Gasteiger partial charge in [0, 0.05) is 0 Å². The summed E-state index contributed by atoms with van der Waals surface area (Å²) in [5.41, 5.74) is 1.64. The van der Waals surface area contributed by atoms with Crippen LogP contribution in [0.2, 0.25) is 0 Å². The molecule has 0 aromatic carbocycles. The molecule has 0 unspecified atom stereocenters. The summed E-state index contributed by atoms with van der Waals surface area (Å²) in [7, 11) is 0. The van der Waals surface area contributed by atoms with Gasteiger partial charge in [-0.15, -0.1) is 0 Å². The van der Waals surface area contributed by atoms with Gasteiger partial charge in [0.2, 0.25) is 0 Å². The molecule has 2 fully saturated rings. The molecule has 0 aromatic heterocycles. The first-order valence-electron chi connectivity index (χ1n) is 6.73. The van der Waals surface area contributed by atoms with Crippen LogP contribution in [0.3, 0.4) is 0 Å². The summed E-state index contributed by atoms with van der Waals surface area (Å²) in [5, 5.41) is 9.22. The molecule has 0 spiro atoms. The van der Waals surface area contributed by atoms with Crippen LogP contribution in [-0.2, 0) is 9.53 Å². The second-order valence-corrected chi connectivity index (χ2v) is 6.09. The highest BCUT2D eigenvalue weighted by Gasteiger charge is 2.53. The highest BCUT2D eigenvalue weighted by atomic mass is 16.5. The molecule has 0 aromatic rings. The van der Waals surface area contributed by atoms with Crippen molar-refractivity contribution in [1.29, 1.82) is 5.26 Å². The van der Waals surface area contributed by atoms with Gasteiger partial charge in [0.25, 0.3) is 0 Å². The van der Waals surface area contributed by atoms with Crippen LogP contribution in [0.4, 0.5) is 0 Å². The fourth-order valence-electron chi connectivity index (χ4n) is 3.65. The molecule has 0 radical (unpaired) electrons. The Bertz CT molecular complexity index is 438. The minimum atomic E-state index is -0.437. The zero-order valence-corrected chi connectivity index (χ0v) is 11.6. The molecule has 2 bridgehead atoms. The number of hydrogen-bond donors (Lipinski definition) is 0. The summed E-state index contributed by atoms with van der Waals surface area (Å²) in [5.74, 6) is 1.09. The topological polar surface area (TPSA) is 50.1 Å². The number of rotatable bonds is 2. The van der Waals surface area contributed by atoms with Crippen molar-refractivity contribution in [2.45, 2.75) is 40.5 Å². The molecule has 2 aliphatic rings. The lowest BCUT2D eigenvalue weighted by Crippen LogP contribution is -2.30. The van der Waals surface area contributed by atoms with E-state index in [1.165, 1.54) is 0 Å². The number of allylic oxidation sites excluding steroid dienone is 1. The maximum Gasteiger partial charge on any atom is 0.348 e. The molecule has 18 heavy (non-hydrogen) atoms. The molecule has 0 aliphatic heterocycles. The molecule has 0 N–H and O–H groups in total. The first-order valence-corrected chi connectivity index (χ1v) is 6.73. The van der Waals surface area contributed by atoms with Crippen LogP contribution in [0, 0.1) is 34.5 Å². The molecule has 0 heterocycles. The number of ether oxygens (including phenoxy) is 1. The summed E-state index contributed by atoms with van der Waals surface area (Å²) in [6.07, 6.45) is 2.01. The zero-order chi connectivity index (χ0) is 13.5. The van der Waals surface area contributed by atoms with Gasteiger partial charge in [0.15, 0.2) is 0 Å². The van der Waals surface area contributed by atoms with E-state index in [2.05, 4.69) is 26.8 Å². The van der Waals surface area contributed by atoms with Crippen LogP contribution in [0.1, 0.15) is 40.5 Å². The van der Waals surface area contributed by atoms with E-state index in [4.69, 9.17) is 4.74 Å². The van der Waals surface area contributed by atoms with Gasteiger partial charge in [-0.1, -0.05) is 20.8 Å². The summed E-state index contributed by atoms with van der Waals surface area (Å²) in [6.45, 7) is 8.94. The minimum absolute atomic E-state index is 0.270. The Balaban J connectivity index is 2.32. The lowest BCUT2D eigenvalue weighted by atomic mass is 9.67. The number of nitrogens with zero attached hydrogens (tertiary/aromatic N) is 1. The highest BCUT2D eigenvalue weighted by molar-refractivity contribution is 5.94. The van der Waals surface area contributed by atoms with Crippen LogP contribution in [0.15, 0.2) is 11.1 Å². The van der Waals surface area contributed by atoms with E-state index in [0.29, 0.717) is 29.8 Å². The molecule has 2 saturated carbocycles. The normalized spacial score (nSPS) is 35.2. The molecule has 3 nitrogen and oxygen atoms in total. The first-order chi connectivity index (χ1) is 8.43. The molecule has 2 rings (SSSR count). The van der Waals surface area contributed by atoms with Crippen molar-refractivity contribution in [3.8, 4) is 6.07 Å². The van der Waals surface area contributed by atoms with E-state index in [1.807, 2.05) is 0 Å². The van der Waals surface area contributed by atoms with E-state index in [9.17, 15) is 10.1 Å². The van der Waals surface area contributed by atoms with Crippen molar-refractivity contribution < 1.29 is 9.53 Å². The lowest BCUT2D eigenvalue weighted by molar-refractivity contribution is -0.138. The van der Waals surface area contributed by atoms with Crippen LogP contribution in [0.5, 0.6) is 0 Å². The lowest BCUT2D eigenvalue weighted by Gasteiger charge is -2.37. The zero-order valence-electron chi connectivity index (χ0n) is 11.6. The van der Waals surface area contributed by atoms with Gasteiger partial charge in [-0.2, -0.15) is 5.26 Å². The van der Waals surface area contributed by atoms with Gasteiger partial charge in [-0.05, 0) is 48.5 Å². The Labute approximate surface area is 109 Å². The molecule has 0 saturated heterocycles. The monoisotopic (exact) mass is 247 g/mol. The van der Waals surface area contributed by atoms with Crippen molar-refractivity contribution in [2.75, 3.05) is 6.61 Å². The Morgan fingerprint density at radius 3 is 2.67 bits per heavy atom. The maximum absolute atomic E-state index is 11.8. The van der Waals surface area contributed by atoms with Gasteiger partial charge in [0.1, 0.15) is 11.6 Å². The van der Waals surface area contributed by atoms with E-state index in [-0.39, 0.29) is 5.57 Å². The summed E-state index contributed by atoms with van der Waals surface area (Å²) < 4.78 is 4.98. The fraction of sp³-hybridized carbons (Fsp3) is 0.733. The van der Waals surface area contributed by atoms with Crippen molar-refractivity contribution in [2.24, 2.45) is 23.2 Å². The predicted octanol–water partition coefficient (Wildman–Crippen LogP) is 3.07. The average Bonchev–Trinajstić information content (AvgIpc) is 2.81. The molecule has 0 amide bonds. The predicted molar refractivity (Wildman–Crippen MR) is 68.4 cm³/mol. The standard InChI is InChI=1S/C15H21NO2/c1-5-18-14(17)13(8-16)12-7-10-6-11(12)9(2)15(10,3)4/h9-11H,5-7H2,1-4H3/b13-12-/t9-,10+,11+/m0/s1. The number of hydrogen-bond acceptors (Lipinski definition) is 3. The van der Waals surface area contributed by atoms with Crippen molar-refractivity contribution in [3.05, 3.63) is 11.1 Å². The van der Waals surface area contributed by atoms with Crippen molar-refractivity contribution >= 4 is 5.97 Å². The minimum Gasteiger partial charge on any atom is -0.462 e. The third kappa shape index (κ3) is 1.75. The highest BCUT2D eigenvalue weighted by Crippen LogP contribution is 2.61. The van der Waals surface area contributed by atoms with Gasteiger partial charge < -0.3 is 4.74 Å². The van der Waals surface area contributed by atoms with Crippen LogP contribution in [-0.4, -0.2) is 12.6 Å². The number of fused-ring (bicyclic) bond motifs is 2. The van der Waals surface area contributed by atoms with Crippen LogP contribution in [0.25, 0.3) is 0 Å². The van der Waals surface area contributed by atoms with E-state index >= 15 is 0 Å². The smallest absolute Gasteiger partial charge is 0.348 e. The number of nitriles is 1. The number of carbonyl (C=O) groups excluding carboxylic acids is 1. The van der Waals surface area contributed by atoms with E-state index in [1.54, 1.807) is 6.92 Å². The summed E-state index contributed by atoms with van der Waals surface area (Å²) >= 11 is 0. The van der Waals surface area contributed by atoms with Gasteiger partial charge >= 0.3 is 5.97 Å².